The molecule has 0 unspecified atom stereocenters. The normalized spacial score (nSPS) is 12.4. The van der Waals surface area contributed by atoms with Crippen molar-refractivity contribution < 1.29 is 34.3 Å². The van der Waals surface area contributed by atoms with Crippen molar-refractivity contribution in [2.24, 2.45) is 0 Å². The predicted octanol–water partition coefficient (Wildman–Crippen LogP) is -0.980. The van der Waals surface area contributed by atoms with Gasteiger partial charge in [-0.05, 0) is 28.7 Å². The molecule has 164 valence electrons. The number of carbonyl (C=O) groups is 3. The van der Waals surface area contributed by atoms with Crippen molar-refractivity contribution in [2.75, 3.05) is 7.11 Å². The van der Waals surface area contributed by atoms with Gasteiger partial charge in [0.1, 0.15) is 17.8 Å². The van der Waals surface area contributed by atoms with Gasteiger partial charge >= 0.3 is 13.1 Å². The van der Waals surface area contributed by atoms with Gasteiger partial charge in [-0.2, -0.15) is 0 Å². The van der Waals surface area contributed by atoms with E-state index >= 15 is 0 Å². The largest absolute Gasteiger partial charge is 0.508 e. The second-order valence-corrected chi connectivity index (χ2v) is 7.03. The van der Waals surface area contributed by atoms with Gasteiger partial charge in [0.2, 0.25) is 11.8 Å². The molecule has 2 atom stereocenters. The smallest absolute Gasteiger partial charge is 0.488 e. The van der Waals surface area contributed by atoms with E-state index in [-0.39, 0.29) is 18.6 Å². The fourth-order valence-electron chi connectivity index (χ4n) is 2.99. The summed E-state index contributed by atoms with van der Waals surface area (Å²) in [5.74, 6) is -1.57. The van der Waals surface area contributed by atoms with E-state index in [2.05, 4.69) is 10.6 Å². The predicted molar refractivity (Wildman–Crippen MR) is 113 cm³/mol. The maximum atomic E-state index is 12.9. The highest BCUT2D eigenvalue weighted by atomic mass is 16.5. The van der Waals surface area contributed by atoms with Crippen LogP contribution in [-0.2, 0) is 32.0 Å². The molecule has 2 rings (SSSR count). The van der Waals surface area contributed by atoms with Crippen molar-refractivity contribution in [2.45, 2.75) is 31.8 Å². The molecule has 9 nitrogen and oxygen atoms in total. The molecule has 5 N–H and O–H groups in total. The van der Waals surface area contributed by atoms with Gasteiger partial charge in [-0.25, -0.2) is 4.79 Å². The Labute approximate surface area is 180 Å². The minimum absolute atomic E-state index is 0.0767. The molecule has 2 aromatic carbocycles. The maximum absolute atomic E-state index is 12.9. The summed E-state index contributed by atoms with van der Waals surface area (Å²) in [6, 6.07) is 10.5. The molecule has 0 spiro atoms. The van der Waals surface area contributed by atoms with Crippen LogP contribution >= 0.6 is 0 Å². The lowest BCUT2D eigenvalue weighted by Gasteiger charge is -2.22. The molecule has 0 aliphatic rings. The first-order valence-corrected chi connectivity index (χ1v) is 9.57. The van der Waals surface area contributed by atoms with Crippen molar-refractivity contribution in [3.05, 3.63) is 59.7 Å². The maximum Gasteiger partial charge on any atom is 0.488 e. The Morgan fingerprint density at radius 1 is 0.903 bits per heavy atom. The third-order valence-corrected chi connectivity index (χ3v) is 4.59. The van der Waals surface area contributed by atoms with E-state index in [0.29, 0.717) is 16.6 Å². The Morgan fingerprint density at radius 2 is 1.42 bits per heavy atom. The molecule has 10 heteroatoms. The lowest BCUT2D eigenvalue weighted by molar-refractivity contribution is -0.145. The standard InChI is InChI=1S/C21H25BN2O7/c1-13(25)23-18(11-14-3-7-16(8-4-14)22(29)30)20(27)24-19(21(28)31-2)12-15-5-9-17(26)10-6-15/h3-10,18-19,26,29-30H,11-12H2,1-2H3,(H,23,25)(H,24,27)/t18-,19-/m0/s1. The van der Waals surface area contributed by atoms with E-state index in [1.54, 1.807) is 24.3 Å². The number of hydrogen-bond acceptors (Lipinski definition) is 7. The van der Waals surface area contributed by atoms with Crippen LogP contribution in [0.4, 0.5) is 0 Å². The van der Waals surface area contributed by atoms with Gasteiger partial charge < -0.3 is 30.5 Å². The van der Waals surface area contributed by atoms with E-state index in [0.717, 1.165) is 0 Å². The summed E-state index contributed by atoms with van der Waals surface area (Å²) in [5.41, 5.74) is 1.66. The fraction of sp³-hybridized carbons (Fsp3) is 0.286. The number of esters is 1. The monoisotopic (exact) mass is 428 g/mol. The quantitative estimate of drug-likeness (QED) is 0.255. The second kappa shape index (κ2) is 11.1. The molecule has 0 fully saturated rings. The molecule has 0 saturated carbocycles. The molecular weight excluding hydrogens is 403 g/mol. The number of carbonyl (C=O) groups excluding carboxylic acids is 3. The van der Waals surface area contributed by atoms with Gasteiger partial charge in [-0.15, -0.1) is 0 Å². The zero-order chi connectivity index (χ0) is 23.0. The van der Waals surface area contributed by atoms with Gasteiger partial charge in [0.05, 0.1) is 7.11 Å². The number of amides is 2. The highest BCUT2D eigenvalue weighted by molar-refractivity contribution is 6.58. The van der Waals surface area contributed by atoms with Crippen LogP contribution in [0.15, 0.2) is 48.5 Å². The summed E-state index contributed by atoms with van der Waals surface area (Å²) in [5, 5.41) is 33.0. The molecule has 0 aliphatic carbocycles. The zero-order valence-electron chi connectivity index (χ0n) is 17.2. The fourth-order valence-corrected chi connectivity index (χ4v) is 2.99. The molecule has 2 aromatic rings. The van der Waals surface area contributed by atoms with Crippen molar-refractivity contribution in [1.29, 1.82) is 0 Å². The first-order chi connectivity index (χ1) is 14.7. The van der Waals surface area contributed by atoms with Gasteiger partial charge in [0, 0.05) is 19.8 Å². The average molecular weight is 428 g/mol. The first kappa shape index (κ1) is 23.9. The van der Waals surface area contributed by atoms with Crippen LogP contribution in [0.25, 0.3) is 0 Å². The van der Waals surface area contributed by atoms with Crippen LogP contribution in [0, 0.1) is 0 Å². The number of hydrogen-bond donors (Lipinski definition) is 5. The van der Waals surface area contributed by atoms with Crippen LogP contribution in [0.3, 0.4) is 0 Å². The minimum atomic E-state index is -1.61. The molecule has 0 bridgehead atoms. The van der Waals surface area contributed by atoms with Crippen LogP contribution in [0.2, 0.25) is 0 Å². The number of methoxy groups -OCH3 is 1. The summed E-state index contributed by atoms with van der Waals surface area (Å²) >= 11 is 0. The number of rotatable bonds is 9. The summed E-state index contributed by atoms with van der Waals surface area (Å²) in [6.07, 6.45) is 0.259. The van der Waals surface area contributed by atoms with Gasteiger partial charge in [-0.3, -0.25) is 9.59 Å². The van der Waals surface area contributed by atoms with Gasteiger partial charge in [-0.1, -0.05) is 36.4 Å². The third-order valence-electron chi connectivity index (χ3n) is 4.59. The van der Waals surface area contributed by atoms with Crippen LogP contribution in [0.5, 0.6) is 5.75 Å². The van der Waals surface area contributed by atoms with Crippen molar-refractivity contribution >= 4 is 30.4 Å². The molecule has 0 saturated heterocycles. The number of nitrogens with one attached hydrogen (secondary N) is 2. The molecule has 0 heterocycles. The van der Waals surface area contributed by atoms with Gasteiger partial charge in [0.15, 0.2) is 0 Å². The Bertz CT molecular complexity index is 901. The first-order valence-electron chi connectivity index (χ1n) is 9.57. The van der Waals surface area contributed by atoms with E-state index < -0.39 is 37.0 Å². The number of benzene rings is 2. The van der Waals surface area contributed by atoms with Crippen LogP contribution < -0.4 is 16.1 Å². The van der Waals surface area contributed by atoms with Crippen molar-refractivity contribution in [3.63, 3.8) is 0 Å². The number of phenols is 1. The number of ether oxygens (including phenoxy) is 1. The Hall–Kier alpha value is -3.37. The second-order valence-electron chi connectivity index (χ2n) is 7.03. The molecular formula is C21H25BN2O7. The van der Waals surface area contributed by atoms with Crippen molar-refractivity contribution in [3.8, 4) is 5.75 Å². The Morgan fingerprint density at radius 3 is 1.90 bits per heavy atom. The molecule has 2 amide bonds. The van der Waals surface area contributed by atoms with Crippen molar-refractivity contribution in [1.82, 2.24) is 10.6 Å². The van der Waals surface area contributed by atoms with E-state index in [1.165, 1.54) is 38.3 Å². The van der Waals surface area contributed by atoms with E-state index in [4.69, 9.17) is 4.74 Å². The average Bonchev–Trinajstić information content (AvgIpc) is 2.73. The summed E-state index contributed by atoms with van der Waals surface area (Å²) < 4.78 is 4.79. The lowest BCUT2D eigenvalue weighted by atomic mass is 9.80. The third kappa shape index (κ3) is 7.43. The Kier molecular flexibility index (Phi) is 8.59. The zero-order valence-corrected chi connectivity index (χ0v) is 17.2. The van der Waals surface area contributed by atoms with Crippen LogP contribution in [0.1, 0.15) is 18.1 Å². The van der Waals surface area contributed by atoms with E-state index in [1.807, 2.05) is 0 Å². The lowest BCUT2D eigenvalue weighted by Crippen LogP contribution is -2.53. The number of phenolic OH excluding ortho intramolecular Hbond substituents is 1. The van der Waals surface area contributed by atoms with E-state index in [9.17, 15) is 29.5 Å². The summed E-state index contributed by atoms with van der Waals surface area (Å²) in [6.45, 7) is 1.28. The Balaban J connectivity index is 2.15. The SMILES string of the molecule is COC(=O)[C@H](Cc1ccc(O)cc1)NC(=O)[C@H](Cc1ccc(B(O)O)cc1)NC(C)=O. The summed E-state index contributed by atoms with van der Waals surface area (Å²) in [7, 11) is -0.398. The molecule has 0 aliphatic heterocycles. The highest BCUT2D eigenvalue weighted by Gasteiger charge is 2.27. The molecule has 0 radical (unpaired) electrons. The van der Waals surface area contributed by atoms with Crippen LogP contribution in [-0.4, -0.2) is 59.3 Å². The minimum Gasteiger partial charge on any atom is -0.508 e. The topological polar surface area (TPSA) is 145 Å². The molecule has 0 aromatic heterocycles. The molecule has 31 heavy (non-hydrogen) atoms. The number of aromatic hydroxyl groups is 1. The van der Waals surface area contributed by atoms with Gasteiger partial charge in [0.25, 0.3) is 0 Å². The highest BCUT2D eigenvalue weighted by Crippen LogP contribution is 2.12. The summed E-state index contributed by atoms with van der Waals surface area (Å²) in [4.78, 5) is 36.7.